The maximum atomic E-state index is 13.6. The van der Waals surface area contributed by atoms with Crippen LogP contribution in [-0.2, 0) is 9.53 Å². The van der Waals surface area contributed by atoms with Crippen molar-refractivity contribution in [2.75, 3.05) is 18.5 Å². The number of nitrogens with one attached hydrogen (secondary N) is 1. The minimum absolute atomic E-state index is 0.0965. The summed E-state index contributed by atoms with van der Waals surface area (Å²) in [5, 5.41) is 9.75. The first kappa shape index (κ1) is 26.4. The molecule has 2 unspecified atom stereocenters. The lowest BCUT2D eigenvalue weighted by Gasteiger charge is -2.29. The van der Waals surface area contributed by atoms with E-state index in [1.807, 2.05) is 60.7 Å². The predicted octanol–water partition coefficient (Wildman–Crippen LogP) is 6.88. The Labute approximate surface area is 230 Å². The largest absolute Gasteiger partial charge is 0.452 e. The van der Waals surface area contributed by atoms with Gasteiger partial charge in [-0.3, -0.25) is 4.79 Å². The zero-order valence-electron chi connectivity index (χ0n) is 22.4. The predicted molar refractivity (Wildman–Crippen MR) is 155 cm³/mol. The Balaban J connectivity index is 1.37. The Kier molecular flexibility index (Phi) is 8.51. The van der Waals surface area contributed by atoms with Crippen molar-refractivity contribution < 1.29 is 14.3 Å². The van der Waals surface area contributed by atoms with Crippen LogP contribution in [0.25, 0.3) is 6.08 Å². The van der Waals surface area contributed by atoms with Crippen LogP contribution in [0.2, 0.25) is 0 Å². The zero-order chi connectivity index (χ0) is 27.0. The molecule has 1 saturated carbocycles. The van der Waals surface area contributed by atoms with Gasteiger partial charge in [-0.05, 0) is 60.6 Å². The van der Waals surface area contributed by atoms with Crippen LogP contribution in [0.15, 0.2) is 95.6 Å². The second-order valence-corrected chi connectivity index (χ2v) is 10.1. The standard InChI is InChI=1S/C33H35N3O3/c1-2-3-21-34-29-20-11-10-18-27(29)33(38)39-23-30(37)36-32(25-15-8-5-9-16-25)28-19-12-17-26(31(28)35-36)22-24-13-6-4-7-14-24/h4-11,13-16,18,20,22,28,32,34H,2-3,12,17,19,21,23H2,1H3/b26-22+. The lowest BCUT2D eigenvalue weighted by molar-refractivity contribution is -0.137. The van der Waals surface area contributed by atoms with Gasteiger partial charge in [0.05, 0.1) is 17.3 Å². The highest BCUT2D eigenvalue weighted by Gasteiger charge is 2.43. The molecule has 5 rings (SSSR count). The Bertz CT molecular complexity index is 1350. The summed E-state index contributed by atoms with van der Waals surface area (Å²) in [4.78, 5) is 26.6. The van der Waals surface area contributed by atoms with Crippen molar-refractivity contribution in [2.45, 2.75) is 45.1 Å². The Morgan fingerprint density at radius 2 is 1.72 bits per heavy atom. The number of carbonyl (C=O) groups is 2. The van der Waals surface area contributed by atoms with Crippen molar-refractivity contribution in [2.24, 2.45) is 11.0 Å². The molecule has 1 amide bonds. The molecule has 0 aromatic heterocycles. The maximum Gasteiger partial charge on any atom is 0.340 e. The Hall–Kier alpha value is -4.19. The minimum atomic E-state index is -0.520. The number of unbranched alkanes of at least 4 members (excludes halogenated alkanes) is 1. The summed E-state index contributed by atoms with van der Waals surface area (Å²) in [5.41, 5.74) is 5.43. The molecular weight excluding hydrogens is 486 g/mol. The van der Waals surface area contributed by atoms with Gasteiger partial charge in [0.15, 0.2) is 6.61 Å². The molecule has 1 fully saturated rings. The molecule has 0 radical (unpaired) electrons. The van der Waals surface area contributed by atoms with Crippen LogP contribution < -0.4 is 5.32 Å². The van der Waals surface area contributed by atoms with Crippen LogP contribution in [0.1, 0.15) is 66.6 Å². The first-order valence-corrected chi connectivity index (χ1v) is 13.9. The van der Waals surface area contributed by atoms with Gasteiger partial charge in [0, 0.05) is 18.2 Å². The number of hydrazone groups is 1. The summed E-state index contributed by atoms with van der Waals surface area (Å²) in [5.74, 6) is -0.748. The van der Waals surface area contributed by atoms with Crippen molar-refractivity contribution in [1.29, 1.82) is 0 Å². The van der Waals surface area contributed by atoms with E-state index in [-0.39, 0.29) is 24.5 Å². The summed E-state index contributed by atoms with van der Waals surface area (Å²) in [6, 6.07) is 27.3. The molecule has 2 aliphatic rings. The first-order valence-electron chi connectivity index (χ1n) is 13.9. The summed E-state index contributed by atoms with van der Waals surface area (Å²) in [6.07, 6.45) is 7.14. The number of fused-ring (bicyclic) bond motifs is 1. The monoisotopic (exact) mass is 521 g/mol. The third kappa shape index (κ3) is 6.11. The molecule has 6 nitrogen and oxygen atoms in total. The molecule has 0 bridgehead atoms. The van der Waals surface area contributed by atoms with E-state index < -0.39 is 5.97 Å². The molecular formula is C33H35N3O3. The van der Waals surface area contributed by atoms with Crippen LogP contribution in [-0.4, -0.2) is 35.7 Å². The number of allylic oxidation sites excluding steroid dienone is 1. The fraction of sp³-hybridized carbons (Fsp3) is 0.303. The summed E-state index contributed by atoms with van der Waals surface area (Å²) in [7, 11) is 0. The average molecular weight is 522 g/mol. The number of hydrogen-bond acceptors (Lipinski definition) is 5. The number of hydrogen-bond donors (Lipinski definition) is 1. The first-order chi connectivity index (χ1) is 19.2. The molecule has 2 atom stereocenters. The van der Waals surface area contributed by atoms with Crippen molar-refractivity contribution in [3.63, 3.8) is 0 Å². The SMILES string of the molecule is CCCCNc1ccccc1C(=O)OCC(=O)N1N=C2/C(=C/c3ccccc3)CCCC2C1c1ccccc1. The van der Waals surface area contributed by atoms with Crippen molar-refractivity contribution in [1.82, 2.24) is 5.01 Å². The van der Waals surface area contributed by atoms with Crippen molar-refractivity contribution >= 4 is 29.4 Å². The Morgan fingerprint density at radius 3 is 2.49 bits per heavy atom. The molecule has 0 spiro atoms. The van der Waals surface area contributed by atoms with Crippen molar-refractivity contribution in [3.05, 3.63) is 107 Å². The molecule has 39 heavy (non-hydrogen) atoms. The number of nitrogens with zero attached hydrogens (tertiary/aromatic N) is 2. The van der Waals surface area contributed by atoms with Gasteiger partial charge in [-0.2, -0.15) is 5.10 Å². The highest BCUT2D eigenvalue weighted by atomic mass is 16.5. The minimum Gasteiger partial charge on any atom is -0.452 e. The van der Waals surface area contributed by atoms with E-state index in [2.05, 4.69) is 30.4 Å². The molecule has 1 heterocycles. The molecule has 1 aliphatic carbocycles. The van der Waals surface area contributed by atoms with E-state index in [4.69, 9.17) is 9.84 Å². The molecule has 0 saturated heterocycles. The van der Waals surface area contributed by atoms with Crippen LogP contribution in [0, 0.1) is 5.92 Å². The molecule has 3 aromatic rings. The lowest BCUT2D eigenvalue weighted by atomic mass is 9.77. The van der Waals surface area contributed by atoms with Gasteiger partial charge in [-0.1, -0.05) is 86.1 Å². The highest BCUT2D eigenvalue weighted by molar-refractivity contribution is 6.08. The second-order valence-electron chi connectivity index (χ2n) is 10.1. The lowest BCUT2D eigenvalue weighted by Crippen LogP contribution is -2.34. The second kappa shape index (κ2) is 12.6. The van der Waals surface area contributed by atoms with Gasteiger partial charge in [0.25, 0.3) is 5.91 Å². The number of benzene rings is 3. The molecule has 6 heteroatoms. The number of esters is 1. The molecule has 1 N–H and O–H groups in total. The van der Waals surface area contributed by atoms with Gasteiger partial charge in [-0.25, -0.2) is 9.80 Å². The van der Waals surface area contributed by atoms with E-state index in [9.17, 15) is 9.59 Å². The van der Waals surface area contributed by atoms with E-state index in [1.165, 1.54) is 0 Å². The normalized spacial score (nSPS) is 19.4. The van der Waals surface area contributed by atoms with Crippen LogP contribution in [0.5, 0.6) is 0 Å². The number of rotatable bonds is 9. The van der Waals surface area contributed by atoms with Gasteiger partial charge >= 0.3 is 5.97 Å². The quantitative estimate of drug-likeness (QED) is 0.246. The topological polar surface area (TPSA) is 71.0 Å². The number of anilines is 1. The highest BCUT2D eigenvalue weighted by Crippen LogP contribution is 2.44. The number of carbonyl (C=O) groups excluding carboxylic acids is 2. The summed E-state index contributed by atoms with van der Waals surface area (Å²) < 4.78 is 5.56. The van der Waals surface area contributed by atoms with Crippen LogP contribution >= 0.6 is 0 Å². The Morgan fingerprint density at radius 1 is 1.00 bits per heavy atom. The number of amides is 1. The maximum absolute atomic E-state index is 13.6. The summed E-state index contributed by atoms with van der Waals surface area (Å²) >= 11 is 0. The van der Waals surface area contributed by atoms with Crippen LogP contribution in [0.3, 0.4) is 0 Å². The molecule has 1 aliphatic heterocycles. The third-order valence-electron chi connectivity index (χ3n) is 7.36. The fourth-order valence-corrected chi connectivity index (χ4v) is 5.43. The van der Waals surface area contributed by atoms with E-state index in [0.29, 0.717) is 11.3 Å². The molecule has 200 valence electrons. The van der Waals surface area contributed by atoms with Gasteiger partial charge in [-0.15, -0.1) is 0 Å². The zero-order valence-corrected chi connectivity index (χ0v) is 22.4. The smallest absolute Gasteiger partial charge is 0.340 e. The summed E-state index contributed by atoms with van der Waals surface area (Å²) in [6.45, 7) is 2.52. The van der Waals surface area contributed by atoms with Gasteiger partial charge in [0.2, 0.25) is 0 Å². The number of para-hydroxylation sites is 1. The average Bonchev–Trinajstić information content (AvgIpc) is 3.38. The third-order valence-corrected chi connectivity index (χ3v) is 7.36. The molecule has 3 aromatic carbocycles. The van der Waals surface area contributed by atoms with Crippen LogP contribution in [0.4, 0.5) is 5.69 Å². The van der Waals surface area contributed by atoms with E-state index in [0.717, 1.165) is 61.1 Å². The van der Waals surface area contributed by atoms with Crippen molar-refractivity contribution in [3.8, 4) is 0 Å². The van der Waals surface area contributed by atoms with Gasteiger partial charge < -0.3 is 10.1 Å². The van der Waals surface area contributed by atoms with E-state index >= 15 is 0 Å². The van der Waals surface area contributed by atoms with E-state index in [1.54, 1.807) is 17.1 Å². The fourth-order valence-electron chi connectivity index (χ4n) is 5.43. The van der Waals surface area contributed by atoms with Gasteiger partial charge in [0.1, 0.15) is 0 Å². The number of ether oxygens (including phenoxy) is 1.